The predicted octanol–water partition coefficient (Wildman–Crippen LogP) is 0.483. The lowest BCUT2D eigenvalue weighted by molar-refractivity contribution is -0.196. The van der Waals surface area contributed by atoms with E-state index in [2.05, 4.69) is 0 Å². The highest BCUT2D eigenvalue weighted by Gasteiger charge is 2.96. The third-order valence-electron chi connectivity index (χ3n) is 11.1. The Morgan fingerprint density at radius 1 is 0.583 bits per heavy atom. The van der Waals surface area contributed by atoms with E-state index in [9.17, 15) is 20.4 Å². The SMILES string of the molecule is OCC12C3C4CCC(O)C4C4C3C3C(C5CCC(O)C5C31)C42CO. The lowest BCUT2D eigenvalue weighted by Gasteiger charge is -2.60. The van der Waals surface area contributed by atoms with Gasteiger partial charge < -0.3 is 20.4 Å². The number of hydrogen-bond donors (Lipinski definition) is 4. The molecular weight excluding hydrogens is 304 g/mol. The summed E-state index contributed by atoms with van der Waals surface area (Å²) >= 11 is 0. The quantitative estimate of drug-likeness (QED) is 0.593. The second kappa shape index (κ2) is 3.76. The van der Waals surface area contributed by atoms with E-state index in [1.807, 2.05) is 0 Å². The number of aliphatic hydroxyl groups is 4. The van der Waals surface area contributed by atoms with Crippen LogP contribution in [0.5, 0.6) is 0 Å². The molecule has 8 bridgehead atoms. The molecule has 8 aliphatic rings. The summed E-state index contributed by atoms with van der Waals surface area (Å²) in [6.07, 6.45) is 3.66. The topological polar surface area (TPSA) is 80.9 Å². The average Bonchev–Trinajstić information content (AvgIpc) is 3.36. The number of rotatable bonds is 2. The summed E-state index contributed by atoms with van der Waals surface area (Å²) in [4.78, 5) is 0. The molecule has 24 heavy (non-hydrogen) atoms. The van der Waals surface area contributed by atoms with Gasteiger partial charge in [0.15, 0.2) is 0 Å². The number of hydrogen-bond acceptors (Lipinski definition) is 4. The Kier molecular flexibility index (Phi) is 2.19. The highest BCUT2D eigenvalue weighted by Crippen LogP contribution is 2.96. The van der Waals surface area contributed by atoms with Crippen LogP contribution in [-0.2, 0) is 0 Å². The molecule has 0 aliphatic heterocycles. The molecule has 14 atom stereocenters. The zero-order chi connectivity index (χ0) is 16.2. The van der Waals surface area contributed by atoms with Crippen molar-refractivity contribution in [2.75, 3.05) is 13.2 Å². The first-order valence-electron chi connectivity index (χ1n) is 10.2. The van der Waals surface area contributed by atoms with E-state index in [1.165, 1.54) is 0 Å². The van der Waals surface area contributed by atoms with Gasteiger partial charge in [0.05, 0.1) is 12.2 Å². The van der Waals surface area contributed by atoms with Crippen LogP contribution in [0.2, 0.25) is 0 Å². The molecule has 8 aliphatic carbocycles. The zero-order valence-corrected chi connectivity index (χ0v) is 14.0. The second-order valence-corrected chi connectivity index (χ2v) is 10.4. The van der Waals surface area contributed by atoms with Crippen molar-refractivity contribution in [3.8, 4) is 0 Å². The summed E-state index contributed by atoms with van der Waals surface area (Å²) in [6.45, 7) is 0.385. The standard InChI is InChI=1S/C20H28O4/c21-5-19-15-7-1-3-9(23)11(7)17-13(15)14-16(20(17,19)6-22)8-2-4-10(24)12(8)18(14)19/h7-18,21-24H,1-6H2. The molecule has 0 amide bonds. The first-order valence-corrected chi connectivity index (χ1v) is 10.2. The molecular formula is C20H28O4. The van der Waals surface area contributed by atoms with Gasteiger partial charge in [0.2, 0.25) is 0 Å². The van der Waals surface area contributed by atoms with Gasteiger partial charge in [0.1, 0.15) is 0 Å². The molecule has 0 radical (unpaired) electrons. The minimum atomic E-state index is -0.185. The van der Waals surface area contributed by atoms with Crippen LogP contribution in [0.4, 0.5) is 0 Å². The molecule has 4 nitrogen and oxygen atoms in total. The molecule has 8 fully saturated rings. The highest BCUT2D eigenvalue weighted by molar-refractivity contribution is 5.42. The maximum absolute atomic E-state index is 10.7. The third-order valence-corrected chi connectivity index (χ3v) is 11.1. The Balaban J connectivity index is 1.48. The van der Waals surface area contributed by atoms with E-state index in [1.54, 1.807) is 0 Å². The molecule has 0 aromatic carbocycles. The number of aliphatic hydroxyl groups excluding tert-OH is 4. The molecule has 14 unspecified atom stereocenters. The van der Waals surface area contributed by atoms with Crippen molar-refractivity contribution >= 4 is 0 Å². The van der Waals surface area contributed by atoms with Crippen LogP contribution in [0.15, 0.2) is 0 Å². The summed E-state index contributed by atoms with van der Waals surface area (Å²) in [5.74, 6) is 4.98. The monoisotopic (exact) mass is 332 g/mol. The van der Waals surface area contributed by atoms with Crippen LogP contribution in [0.1, 0.15) is 25.7 Å². The molecule has 0 spiro atoms. The third kappa shape index (κ3) is 0.933. The Morgan fingerprint density at radius 2 is 1.00 bits per heavy atom. The second-order valence-electron chi connectivity index (χ2n) is 10.4. The largest absolute Gasteiger partial charge is 0.396 e. The molecule has 4 N–H and O–H groups in total. The Bertz CT molecular complexity index is 583. The highest BCUT2D eigenvalue weighted by atomic mass is 16.3. The van der Waals surface area contributed by atoms with Gasteiger partial charge in [-0.05, 0) is 84.9 Å². The van der Waals surface area contributed by atoms with Crippen LogP contribution in [0, 0.1) is 70.0 Å². The maximum Gasteiger partial charge on any atom is 0.0574 e. The van der Waals surface area contributed by atoms with Crippen molar-refractivity contribution in [1.29, 1.82) is 0 Å². The average molecular weight is 332 g/mol. The van der Waals surface area contributed by atoms with Crippen molar-refractivity contribution in [3.05, 3.63) is 0 Å². The summed E-state index contributed by atoms with van der Waals surface area (Å²) in [6, 6.07) is 0. The fourth-order valence-corrected chi connectivity index (χ4v) is 11.6. The van der Waals surface area contributed by atoms with Gasteiger partial charge in [-0.3, -0.25) is 0 Å². The minimum Gasteiger partial charge on any atom is -0.396 e. The Labute approximate surface area is 142 Å². The van der Waals surface area contributed by atoms with E-state index >= 15 is 0 Å². The van der Waals surface area contributed by atoms with Gasteiger partial charge >= 0.3 is 0 Å². The first kappa shape index (κ1) is 14.0. The summed E-state index contributed by atoms with van der Waals surface area (Å²) in [5, 5.41) is 42.8. The first-order chi connectivity index (χ1) is 11.6. The molecule has 0 aromatic heterocycles. The fourth-order valence-electron chi connectivity index (χ4n) is 11.6. The van der Waals surface area contributed by atoms with Gasteiger partial charge in [-0.1, -0.05) is 0 Å². The molecule has 132 valence electrons. The van der Waals surface area contributed by atoms with E-state index < -0.39 is 0 Å². The van der Waals surface area contributed by atoms with Gasteiger partial charge in [0, 0.05) is 24.0 Å². The van der Waals surface area contributed by atoms with Crippen LogP contribution >= 0.6 is 0 Å². The van der Waals surface area contributed by atoms with Gasteiger partial charge in [-0.2, -0.15) is 0 Å². The summed E-state index contributed by atoms with van der Waals surface area (Å²) in [5.41, 5.74) is -0.297. The van der Waals surface area contributed by atoms with Gasteiger partial charge in [0.25, 0.3) is 0 Å². The van der Waals surface area contributed by atoms with Crippen molar-refractivity contribution in [1.82, 2.24) is 0 Å². The smallest absolute Gasteiger partial charge is 0.0574 e. The lowest BCUT2D eigenvalue weighted by atomic mass is 9.44. The zero-order valence-electron chi connectivity index (χ0n) is 14.0. The molecule has 0 heterocycles. The molecule has 4 heteroatoms. The lowest BCUT2D eigenvalue weighted by Crippen LogP contribution is -2.62. The van der Waals surface area contributed by atoms with Gasteiger partial charge in [-0.25, -0.2) is 0 Å². The van der Waals surface area contributed by atoms with Crippen molar-refractivity contribution in [2.24, 2.45) is 70.0 Å². The van der Waals surface area contributed by atoms with Crippen molar-refractivity contribution < 1.29 is 20.4 Å². The van der Waals surface area contributed by atoms with E-state index in [-0.39, 0.29) is 36.3 Å². The summed E-state index contributed by atoms with van der Waals surface area (Å²) < 4.78 is 0. The maximum atomic E-state index is 10.7. The van der Waals surface area contributed by atoms with Crippen LogP contribution in [-0.4, -0.2) is 45.8 Å². The van der Waals surface area contributed by atoms with E-state index in [4.69, 9.17) is 0 Å². The normalized spacial score (nSPS) is 75.5. The molecule has 8 saturated carbocycles. The van der Waals surface area contributed by atoms with Gasteiger partial charge in [-0.15, -0.1) is 0 Å². The number of fused-ring (bicyclic) bond motifs is 2. The molecule has 0 saturated heterocycles. The van der Waals surface area contributed by atoms with E-state index in [0.717, 1.165) is 25.7 Å². The Morgan fingerprint density at radius 3 is 1.38 bits per heavy atom. The fraction of sp³-hybridized carbons (Fsp3) is 1.00. The predicted molar refractivity (Wildman–Crippen MR) is 84.4 cm³/mol. The minimum absolute atomic E-state index is 0.149. The van der Waals surface area contributed by atoms with Crippen LogP contribution in [0.25, 0.3) is 0 Å². The summed E-state index contributed by atoms with van der Waals surface area (Å²) in [7, 11) is 0. The Hall–Kier alpha value is -0.160. The van der Waals surface area contributed by atoms with Crippen LogP contribution < -0.4 is 0 Å². The van der Waals surface area contributed by atoms with Crippen molar-refractivity contribution in [2.45, 2.75) is 37.9 Å². The van der Waals surface area contributed by atoms with E-state index in [0.29, 0.717) is 59.2 Å². The molecule has 8 rings (SSSR count). The van der Waals surface area contributed by atoms with Crippen molar-refractivity contribution in [3.63, 3.8) is 0 Å². The molecule has 0 aromatic rings. The van der Waals surface area contributed by atoms with Crippen LogP contribution in [0.3, 0.4) is 0 Å².